The van der Waals surface area contributed by atoms with Gasteiger partial charge in [0.25, 0.3) is 0 Å². The molecule has 5 saturated carbocycles. The van der Waals surface area contributed by atoms with Crippen molar-refractivity contribution in [2.45, 2.75) is 168 Å². The van der Waals surface area contributed by atoms with Gasteiger partial charge in [0, 0.05) is 12.3 Å². The molecule has 2 spiro atoms. The first-order chi connectivity index (χ1) is 21.8. The van der Waals surface area contributed by atoms with Gasteiger partial charge in [-0.3, -0.25) is 4.79 Å². The average Bonchev–Trinajstić information content (AvgIpc) is 3.61. The first-order valence-corrected chi connectivity index (χ1v) is 18.3. The van der Waals surface area contributed by atoms with Crippen LogP contribution in [0.3, 0.4) is 0 Å². The third-order valence-electron chi connectivity index (χ3n) is 15.8. The molecule has 0 aromatic carbocycles. The van der Waals surface area contributed by atoms with E-state index < -0.39 is 66.1 Å². The van der Waals surface area contributed by atoms with Crippen LogP contribution in [0.2, 0.25) is 0 Å². The van der Waals surface area contributed by atoms with Crippen LogP contribution in [0, 0.1) is 50.7 Å². The van der Waals surface area contributed by atoms with Crippen molar-refractivity contribution in [2.24, 2.45) is 50.7 Å². The third kappa shape index (κ3) is 4.53. The quantitative estimate of drug-likeness (QED) is 0.250. The van der Waals surface area contributed by atoms with E-state index in [9.17, 15) is 25.2 Å². The molecular formula is C37H59FO9. The Morgan fingerprint density at radius 1 is 0.979 bits per heavy atom. The highest BCUT2D eigenvalue weighted by molar-refractivity contribution is 5.66. The van der Waals surface area contributed by atoms with Crippen molar-refractivity contribution in [3.05, 3.63) is 0 Å². The second-order valence-corrected chi connectivity index (χ2v) is 18.6. The minimum Gasteiger partial charge on any atom is -0.457 e. The van der Waals surface area contributed by atoms with Gasteiger partial charge in [0.15, 0.2) is 12.4 Å². The van der Waals surface area contributed by atoms with Gasteiger partial charge in [-0.05, 0) is 111 Å². The Labute approximate surface area is 279 Å². The highest BCUT2D eigenvalue weighted by Gasteiger charge is 2.85. The van der Waals surface area contributed by atoms with Crippen LogP contribution < -0.4 is 0 Å². The second-order valence-electron chi connectivity index (χ2n) is 18.6. The smallest absolute Gasteiger partial charge is 0.303 e. The number of rotatable bonds is 5. The van der Waals surface area contributed by atoms with E-state index in [-0.39, 0.29) is 52.1 Å². The number of fused-ring (bicyclic) bond motifs is 4. The summed E-state index contributed by atoms with van der Waals surface area (Å²) in [5.74, 6) is 0.315. The average molecular weight is 667 g/mol. The van der Waals surface area contributed by atoms with Crippen molar-refractivity contribution in [1.82, 2.24) is 0 Å². The molecule has 2 heterocycles. The highest BCUT2D eigenvalue weighted by atomic mass is 19.1. The summed E-state index contributed by atoms with van der Waals surface area (Å²) < 4.78 is 41.9. The maximum absolute atomic E-state index is 17.6. The van der Waals surface area contributed by atoms with E-state index in [1.54, 1.807) is 13.8 Å². The van der Waals surface area contributed by atoms with Crippen LogP contribution in [0.5, 0.6) is 0 Å². The molecule has 2 saturated heterocycles. The molecule has 4 N–H and O–H groups in total. The van der Waals surface area contributed by atoms with Gasteiger partial charge in [-0.1, -0.05) is 34.6 Å². The summed E-state index contributed by atoms with van der Waals surface area (Å²) in [6.07, 6.45) is -0.677. The SMILES string of the molecule is CC(=O)O[C@@H]([C@H]1C[C@@H](C)C2C(O1)[C@@H](F)[C@@]1(C)[C@@H]3CC[C@H]4C(C)(C)[C@@H](OC5OC[C@@H](O)[C@H](O)[C@H]5O)CC[C@@]45C[C@@]35CC[C@]21C)C(C)(C)O. The number of halogens is 1. The van der Waals surface area contributed by atoms with Crippen LogP contribution in [-0.4, -0.2) is 93.8 Å². The van der Waals surface area contributed by atoms with Crippen LogP contribution in [0.4, 0.5) is 4.39 Å². The van der Waals surface area contributed by atoms with Crippen LogP contribution in [-0.2, 0) is 23.7 Å². The first kappa shape index (κ1) is 34.6. The van der Waals surface area contributed by atoms with Gasteiger partial charge in [0.2, 0.25) is 0 Å². The van der Waals surface area contributed by atoms with Gasteiger partial charge in [-0.25, -0.2) is 4.39 Å². The Kier molecular flexibility index (Phi) is 7.95. The summed E-state index contributed by atoms with van der Waals surface area (Å²) in [6.45, 7) is 15.8. The van der Waals surface area contributed by atoms with Crippen LogP contribution in [0.15, 0.2) is 0 Å². The van der Waals surface area contributed by atoms with Crippen molar-refractivity contribution in [2.75, 3.05) is 6.61 Å². The molecule has 5 aliphatic carbocycles. The molecule has 0 aromatic heterocycles. The van der Waals surface area contributed by atoms with Crippen LogP contribution >= 0.6 is 0 Å². The van der Waals surface area contributed by atoms with Gasteiger partial charge >= 0.3 is 5.97 Å². The van der Waals surface area contributed by atoms with Gasteiger partial charge in [0.05, 0.1) is 30.5 Å². The number of carbonyl (C=O) groups excluding carboxylic acids is 1. The fourth-order valence-electron chi connectivity index (χ4n) is 13.6. The lowest BCUT2D eigenvalue weighted by Gasteiger charge is -2.63. The van der Waals surface area contributed by atoms with Crippen molar-refractivity contribution in [1.29, 1.82) is 0 Å². The fourth-order valence-corrected chi connectivity index (χ4v) is 13.6. The molecule has 7 rings (SSSR count). The normalized spacial score (nSPS) is 55.4. The Balaban J connectivity index is 1.14. The predicted molar refractivity (Wildman–Crippen MR) is 169 cm³/mol. The van der Waals surface area contributed by atoms with E-state index in [2.05, 4.69) is 34.6 Å². The van der Waals surface area contributed by atoms with Crippen LogP contribution in [0.25, 0.3) is 0 Å². The van der Waals surface area contributed by atoms with E-state index in [0.29, 0.717) is 12.3 Å². The lowest BCUT2D eigenvalue weighted by atomic mass is 9.41. The maximum Gasteiger partial charge on any atom is 0.303 e. The van der Waals surface area contributed by atoms with Crippen LogP contribution in [0.1, 0.15) is 107 Å². The molecule has 0 bridgehead atoms. The molecule has 47 heavy (non-hydrogen) atoms. The minimum atomic E-state index is -1.33. The Morgan fingerprint density at radius 2 is 1.64 bits per heavy atom. The Morgan fingerprint density at radius 3 is 2.30 bits per heavy atom. The van der Waals surface area contributed by atoms with Crippen molar-refractivity contribution >= 4 is 5.97 Å². The van der Waals surface area contributed by atoms with E-state index in [0.717, 1.165) is 44.9 Å². The van der Waals surface area contributed by atoms with E-state index in [4.69, 9.17) is 18.9 Å². The monoisotopic (exact) mass is 666 g/mol. The van der Waals surface area contributed by atoms with E-state index in [1.165, 1.54) is 6.92 Å². The number of carbonyl (C=O) groups is 1. The molecule has 0 radical (unpaired) electrons. The van der Waals surface area contributed by atoms with Gasteiger partial charge in [-0.2, -0.15) is 0 Å². The number of alkyl halides is 1. The maximum atomic E-state index is 17.6. The predicted octanol–water partition coefficient (Wildman–Crippen LogP) is 4.30. The topological polar surface area (TPSA) is 135 Å². The zero-order valence-corrected chi connectivity index (χ0v) is 29.6. The number of hydrogen-bond acceptors (Lipinski definition) is 9. The van der Waals surface area contributed by atoms with Gasteiger partial charge < -0.3 is 39.4 Å². The van der Waals surface area contributed by atoms with Gasteiger partial charge in [-0.15, -0.1) is 0 Å². The molecule has 9 nitrogen and oxygen atoms in total. The number of aliphatic hydroxyl groups excluding tert-OH is 3. The largest absolute Gasteiger partial charge is 0.457 e. The van der Waals surface area contributed by atoms with Crippen molar-refractivity contribution in [3.8, 4) is 0 Å². The first-order valence-electron chi connectivity index (χ1n) is 18.3. The Bertz CT molecular complexity index is 1250. The number of esters is 1. The van der Waals surface area contributed by atoms with E-state index in [1.807, 2.05) is 0 Å². The Hall–Kier alpha value is -0.880. The van der Waals surface area contributed by atoms with Gasteiger partial charge in [0.1, 0.15) is 24.5 Å². The molecule has 17 atom stereocenters. The molecule has 3 unspecified atom stereocenters. The molecular weight excluding hydrogens is 607 g/mol. The molecule has 2 aliphatic heterocycles. The standard InChI is InChI=1S/C37H59FO9/c1-18-15-21(30(33(5,6)43)45-19(2)39)46-28-25(18)34(7)13-14-37-17-36(37)12-11-24(47-31-27(42)26(41)20(40)16-44-31)32(3,4)22(36)9-10-23(37)35(34,8)29(28)38/h18,20-31,40-43H,9-17H2,1-8H3/t18-,20-,21-,22+,23+,24+,25?,26+,27-,28?,29-,30+,31?,34-,35-,36-,37+/m1/s1. The lowest BCUT2D eigenvalue weighted by Crippen LogP contribution is -2.60. The van der Waals surface area contributed by atoms with Crippen molar-refractivity contribution < 1.29 is 48.6 Å². The number of hydrogen-bond donors (Lipinski definition) is 4. The summed E-state index contributed by atoms with van der Waals surface area (Å²) in [7, 11) is 0. The minimum absolute atomic E-state index is 0.0414. The third-order valence-corrected chi connectivity index (χ3v) is 15.8. The fraction of sp³-hybridized carbons (Fsp3) is 0.973. The molecule has 7 aliphatic rings. The summed E-state index contributed by atoms with van der Waals surface area (Å²) in [5, 5.41) is 41.8. The summed E-state index contributed by atoms with van der Waals surface area (Å²) in [4.78, 5) is 12.0. The molecule has 0 amide bonds. The molecule has 0 aromatic rings. The lowest BCUT2D eigenvalue weighted by molar-refractivity contribution is -0.303. The van der Waals surface area contributed by atoms with E-state index >= 15 is 4.39 Å². The molecule has 268 valence electrons. The zero-order chi connectivity index (χ0) is 34.3. The number of aliphatic hydroxyl groups is 4. The zero-order valence-electron chi connectivity index (χ0n) is 29.6. The summed E-state index contributed by atoms with van der Waals surface area (Å²) >= 11 is 0. The molecule has 7 fully saturated rings. The summed E-state index contributed by atoms with van der Waals surface area (Å²) in [6, 6.07) is 0. The van der Waals surface area contributed by atoms with Crippen molar-refractivity contribution in [3.63, 3.8) is 0 Å². The summed E-state index contributed by atoms with van der Waals surface area (Å²) in [5.41, 5.74) is -2.16. The molecule has 10 heteroatoms. The highest BCUT2D eigenvalue weighted by Crippen LogP contribution is 2.89. The number of ether oxygens (including phenoxy) is 4. The second kappa shape index (κ2) is 10.8.